The van der Waals surface area contributed by atoms with Gasteiger partial charge in [-0.3, -0.25) is 38.4 Å². The molecule has 8 bridgehead atoms. The predicted octanol–water partition coefficient (Wildman–Crippen LogP) is 9.60. The van der Waals surface area contributed by atoms with Crippen LogP contribution < -0.4 is 9.47 Å². The molecule has 0 amide bonds. The molecule has 2 aromatic carbocycles. The minimum absolute atomic E-state index is 0.218. The molecule has 24 nitrogen and oxygen atoms in total. The fourth-order valence-electron chi connectivity index (χ4n) is 11.4. The standard InChI is InChI=1S/C68H74N4O20/c1-11-13-15-47-49-25-26-50(69-49)48(16-14-12-2)52-28-30-54(71-52)60(44-19-23-46(24-20-44)90-68-66(88-42(10)80)64(86-40(8)78)62(84-38(6)76)58(92-68)34-82-36(4)74)56-32-31-55(72-56)59(53-29-27-51(47)70-53)43-17-21-45(22-18-43)89-67-65(87-41(9)79)63(85-39(7)77)61(83-37(5)75)57(91-67)33-81-35(3)73/h17-32,57-58,61-68,70-71H,11-16,33-34H2,1-10H3/t57-,58-,61-,62-,63+,64+,65-,66-,67-,68-/m1/s1. The molecule has 92 heavy (non-hydrogen) atoms. The van der Waals surface area contributed by atoms with Crippen molar-refractivity contribution in [1.82, 2.24) is 19.9 Å². The number of aryl methyl sites for hydroxylation is 2. The summed E-state index contributed by atoms with van der Waals surface area (Å²) in [6.07, 6.45) is -0.891. The zero-order valence-corrected chi connectivity index (χ0v) is 52.7. The van der Waals surface area contributed by atoms with Crippen LogP contribution in [-0.2, 0) is 98.6 Å². The molecule has 0 spiro atoms. The van der Waals surface area contributed by atoms with E-state index in [-0.39, 0.29) is 11.5 Å². The number of aromatic amines is 2. The maximum Gasteiger partial charge on any atom is 0.303 e. The number of fused-ring (bicyclic) bond motifs is 8. The van der Waals surface area contributed by atoms with Crippen molar-refractivity contribution < 1.29 is 95.2 Å². The lowest BCUT2D eigenvalue weighted by molar-refractivity contribution is -0.288. The highest BCUT2D eigenvalue weighted by molar-refractivity contribution is 5.96. The van der Waals surface area contributed by atoms with E-state index >= 15 is 0 Å². The number of benzene rings is 2. The summed E-state index contributed by atoms with van der Waals surface area (Å²) in [7, 11) is 0. The van der Waals surface area contributed by atoms with Crippen LogP contribution in [0.2, 0.25) is 0 Å². The number of esters is 8. The summed E-state index contributed by atoms with van der Waals surface area (Å²) in [6.45, 7) is 12.6. The highest BCUT2D eigenvalue weighted by Gasteiger charge is 2.55. The minimum atomic E-state index is -1.49. The molecule has 2 fully saturated rings. The Morgan fingerprint density at radius 3 is 1.04 bits per heavy atom. The Kier molecular flexibility index (Phi) is 21.7. The van der Waals surface area contributed by atoms with Gasteiger partial charge in [-0.1, -0.05) is 51.0 Å². The van der Waals surface area contributed by atoms with Gasteiger partial charge in [0.1, 0.15) is 36.9 Å². The quantitative estimate of drug-likeness (QED) is 0.0471. The van der Waals surface area contributed by atoms with Gasteiger partial charge in [0.05, 0.1) is 22.8 Å². The Morgan fingerprint density at radius 1 is 0.391 bits per heavy atom. The van der Waals surface area contributed by atoms with Gasteiger partial charge in [-0.2, -0.15) is 0 Å². The van der Waals surface area contributed by atoms with Gasteiger partial charge in [-0.05, 0) is 110 Å². The molecular formula is C68H74N4O20. The van der Waals surface area contributed by atoms with Crippen molar-refractivity contribution >= 4 is 94.1 Å². The normalized spacial score (nSPS) is 21.5. The molecule has 0 unspecified atom stereocenters. The first kappa shape index (κ1) is 66.7. The van der Waals surface area contributed by atoms with Gasteiger partial charge in [0, 0.05) is 99.7 Å². The second kappa shape index (κ2) is 30.0. The molecule has 7 heterocycles. The molecule has 2 saturated heterocycles. The molecular weight excluding hydrogens is 1190 g/mol. The molecule has 0 saturated carbocycles. The number of H-pyrrole nitrogens is 2. The van der Waals surface area contributed by atoms with Crippen LogP contribution >= 0.6 is 0 Å². The van der Waals surface area contributed by atoms with Gasteiger partial charge in [-0.15, -0.1) is 0 Å². The molecule has 24 heteroatoms. The van der Waals surface area contributed by atoms with Crippen molar-refractivity contribution in [1.29, 1.82) is 0 Å². The van der Waals surface area contributed by atoms with Crippen molar-refractivity contribution in [2.45, 2.75) is 169 Å². The summed E-state index contributed by atoms with van der Waals surface area (Å²) in [5.74, 6) is -5.58. The molecule has 4 aliphatic rings. The summed E-state index contributed by atoms with van der Waals surface area (Å²) in [5, 5.41) is 0. The van der Waals surface area contributed by atoms with Gasteiger partial charge in [0.25, 0.3) is 0 Å². The van der Waals surface area contributed by atoms with Crippen LogP contribution in [0.25, 0.3) is 68.6 Å². The van der Waals surface area contributed by atoms with Gasteiger partial charge in [0.15, 0.2) is 24.4 Å². The van der Waals surface area contributed by atoms with Crippen LogP contribution in [0.4, 0.5) is 0 Å². The molecule has 5 aromatic rings. The fraction of sp³-hybridized carbons (Fsp3) is 0.412. The van der Waals surface area contributed by atoms with Crippen LogP contribution in [0.15, 0.2) is 72.8 Å². The van der Waals surface area contributed by atoms with Crippen LogP contribution in [-0.4, -0.2) is 142 Å². The first-order valence-electron chi connectivity index (χ1n) is 30.4. The van der Waals surface area contributed by atoms with E-state index in [4.69, 9.17) is 66.8 Å². The predicted molar refractivity (Wildman–Crippen MR) is 332 cm³/mol. The van der Waals surface area contributed by atoms with Crippen LogP contribution in [0.3, 0.4) is 0 Å². The molecule has 0 radical (unpaired) electrons. The average molecular weight is 1270 g/mol. The third-order valence-corrected chi connectivity index (χ3v) is 15.2. The molecule has 3 aromatic heterocycles. The second-order valence-electron chi connectivity index (χ2n) is 22.3. The zero-order chi connectivity index (χ0) is 65.9. The van der Waals surface area contributed by atoms with E-state index in [9.17, 15) is 38.4 Å². The number of unbranched alkanes of at least 4 members (excludes halogenated alkanes) is 2. The summed E-state index contributed by atoms with van der Waals surface area (Å²) in [5.41, 5.74) is 10.8. The monoisotopic (exact) mass is 1270 g/mol. The van der Waals surface area contributed by atoms with Crippen LogP contribution in [0, 0.1) is 0 Å². The minimum Gasteiger partial charge on any atom is -0.463 e. The number of rotatable bonds is 22. The van der Waals surface area contributed by atoms with E-state index in [0.29, 0.717) is 44.7 Å². The number of hydrogen-bond donors (Lipinski definition) is 2. The smallest absolute Gasteiger partial charge is 0.303 e. The highest BCUT2D eigenvalue weighted by Crippen LogP contribution is 2.39. The Balaban J connectivity index is 1.18. The van der Waals surface area contributed by atoms with E-state index < -0.39 is 122 Å². The summed E-state index contributed by atoms with van der Waals surface area (Å²) >= 11 is 0. The van der Waals surface area contributed by atoms with E-state index in [1.54, 1.807) is 24.3 Å². The van der Waals surface area contributed by atoms with Crippen LogP contribution in [0.1, 0.15) is 129 Å². The second-order valence-corrected chi connectivity index (χ2v) is 22.3. The molecule has 2 N–H and O–H groups in total. The largest absolute Gasteiger partial charge is 0.463 e. The SMILES string of the molecule is CCCCc1c2nc(c(CCCC)c3ccc([nH]3)c(-c3ccc(O[C@@H]4O[C@H](COC(C)=O)[C@@H](OC(C)=O)[C@H](OC(C)=O)[C@H]4OC(C)=O)cc3)c3nc(c(-c4ccc(O[C@@H]5O[C@H](COC(C)=O)[C@@H](OC(C)=O)[C@H](OC(C)=O)[C@H]5OC(C)=O)cc4)c4ccc1[nH]4)C=C3)C=C2. The first-order chi connectivity index (χ1) is 44.1. The molecule has 9 rings (SSSR count). The van der Waals surface area contributed by atoms with E-state index in [1.807, 2.05) is 60.7 Å². The lowest BCUT2D eigenvalue weighted by Gasteiger charge is -2.43. The van der Waals surface area contributed by atoms with Crippen LogP contribution in [0.5, 0.6) is 11.5 Å². The maximum atomic E-state index is 12.7. The third kappa shape index (κ3) is 16.3. The van der Waals surface area contributed by atoms with Gasteiger partial charge in [0.2, 0.25) is 24.8 Å². The Labute approximate surface area is 530 Å². The molecule has 4 aliphatic heterocycles. The van der Waals surface area contributed by atoms with Crippen molar-refractivity contribution in [2.75, 3.05) is 13.2 Å². The number of nitrogens with zero attached hydrogens (tertiary/aromatic N) is 2. The van der Waals surface area contributed by atoms with Crippen molar-refractivity contribution in [3.8, 4) is 33.8 Å². The summed E-state index contributed by atoms with van der Waals surface area (Å²) in [4.78, 5) is 118. The lowest BCUT2D eigenvalue weighted by Crippen LogP contribution is -2.63. The topological polar surface area (TPSA) is 305 Å². The zero-order valence-electron chi connectivity index (χ0n) is 52.7. The number of nitrogens with one attached hydrogen (secondary N) is 2. The molecule has 10 atom stereocenters. The summed E-state index contributed by atoms with van der Waals surface area (Å²) < 4.78 is 69.7. The van der Waals surface area contributed by atoms with Crippen molar-refractivity contribution in [2.24, 2.45) is 0 Å². The number of hydrogen-bond acceptors (Lipinski definition) is 22. The van der Waals surface area contributed by atoms with E-state index in [0.717, 1.165) is 114 Å². The lowest BCUT2D eigenvalue weighted by atomic mass is 9.98. The van der Waals surface area contributed by atoms with E-state index in [2.05, 4.69) is 36.0 Å². The first-order valence-corrected chi connectivity index (χ1v) is 30.4. The third-order valence-electron chi connectivity index (χ3n) is 15.2. The average Bonchev–Trinajstić information content (AvgIpc) is 1.30. The van der Waals surface area contributed by atoms with Gasteiger partial charge < -0.3 is 66.8 Å². The van der Waals surface area contributed by atoms with Gasteiger partial charge >= 0.3 is 47.8 Å². The number of aromatic nitrogens is 4. The molecule has 0 aliphatic carbocycles. The maximum absolute atomic E-state index is 12.7. The number of ether oxygens (including phenoxy) is 12. The van der Waals surface area contributed by atoms with Crippen molar-refractivity contribution in [3.05, 3.63) is 107 Å². The van der Waals surface area contributed by atoms with E-state index in [1.165, 1.54) is 13.8 Å². The molecule has 486 valence electrons. The van der Waals surface area contributed by atoms with Gasteiger partial charge in [-0.25, -0.2) is 9.97 Å². The van der Waals surface area contributed by atoms with Crippen molar-refractivity contribution in [3.63, 3.8) is 0 Å². The Morgan fingerprint density at radius 2 is 0.707 bits per heavy atom. The Bertz CT molecular complexity index is 3590. The Hall–Kier alpha value is -9.68. The fourth-order valence-corrected chi connectivity index (χ4v) is 11.4. The summed E-state index contributed by atoms with van der Waals surface area (Å²) in [6, 6.07) is 22.0. The number of carbonyl (C=O) groups excluding carboxylic acids is 8. The highest BCUT2D eigenvalue weighted by atomic mass is 16.7. The number of carbonyl (C=O) groups is 8.